The standard InChI is InChI=1S/C17H26N2O3S/c1-13(23(2)21)8-10-18-17(20)19-15-9-11-22-16(12-15)14-6-4-3-5-7-14/h3-7,13,15-16H,8-12H2,1-2H3,(H2,18,19,20). The third-order valence-electron chi connectivity index (χ3n) is 4.19. The van der Waals surface area contributed by atoms with Gasteiger partial charge in [-0.1, -0.05) is 37.3 Å². The summed E-state index contributed by atoms with van der Waals surface area (Å²) in [7, 11) is -0.845. The van der Waals surface area contributed by atoms with E-state index >= 15 is 0 Å². The summed E-state index contributed by atoms with van der Waals surface area (Å²) in [5.41, 5.74) is 1.15. The zero-order chi connectivity index (χ0) is 16.7. The zero-order valence-electron chi connectivity index (χ0n) is 13.8. The lowest BCUT2D eigenvalue weighted by Crippen LogP contribution is -2.45. The van der Waals surface area contributed by atoms with Crippen LogP contribution < -0.4 is 10.6 Å². The van der Waals surface area contributed by atoms with Crippen LogP contribution >= 0.6 is 0 Å². The number of hydrogen-bond acceptors (Lipinski definition) is 3. The van der Waals surface area contributed by atoms with E-state index in [4.69, 9.17) is 4.74 Å². The van der Waals surface area contributed by atoms with Crippen molar-refractivity contribution in [3.8, 4) is 0 Å². The Kier molecular flexibility index (Phi) is 7.05. The lowest BCUT2D eigenvalue weighted by atomic mass is 9.97. The number of urea groups is 1. The SMILES string of the molecule is CC(CCNC(=O)NC1CCOC(c2ccccc2)C1)S(C)=O. The van der Waals surface area contributed by atoms with Crippen LogP contribution in [0.5, 0.6) is 0 Å². The molecular weight excluding hydrogens is 312 g/mol. The first kappa shape index (κ1) is 17.9. The molecule has 1 aliphatic heterocycles. The summed E-state index contributed by atoms with van der Waals surface area (Å²) in [5, 5.41) is 5.96. The zero-order valence-corrected chi connectivity index (χ0v) is 14.6. The van der Waals surface area contributed by atoms with Crippen molar-refractivity contribution in [3.63, 3.8) is 0 Å². The minimum Gasteiger partial charge on any atom is -0.373 e. The Morgan fingerprint density at radius 1 is 1.39 bits per heavy atom. The van der Waals surface area contributed by atoms with E-state index in [1.807, 2.05) is 25.1 Å². The Bertz CT molecular complexity index is 524. The van der Waals surface area contributed by atoms with Crippen LogP contribution in [0.2, 0.25) is 0 Å². The molecule has 1 saturated heterocycles. The molecule has 1 aliphatic rings. The van der Waals surface area contributed by atoms with E-state index in [0.29, 0.717) is 13.2 Å². The number of nitrogens with one attached hydrogen (secondary N) is 2. The minimum atomic E-state index is -0.845. The summed E-state index contributed by atoms with van der Waals surface area (Å²) in [4.78, 5) is 12.0. The van der Waals surface area contributed by atoms with Crippen LogP contribution in [0.15, 0.2) is 30.3 Å². The van der Waals surface area contributed by atoms with E-state index in [9.17, 15) is 9.00 Å². The van der Waals surface area contributed by atoms with Crippen LogP contribution in [0.3, 0.4) is 0 Å². The molecule has 4 atom stereocenters. The van der Waals surface area contributed by atoms with Gasteiger partial charge in [0, 0.05) is 41.5 Å². The highest BCUT2D eigenvalue weighted by molar-refractivity contribution is 7.84. The molecule has 2 rings (SSSR count). The van der Waals surface area contributed by atoms with Crippen molar-refractivity contribution in [2.45, 2.75) is 43.6 Å². The van der Waals surface area contributed by atoms with Gasteiger partial charge in [-0.25, -0.2) is 4.79 Å². The summed E-state index contributed by atoms with van der Waals surface area (Å²) >= 11 is 0. The summed E-state index contributed by atoms with van der Waals surface area (Å²) in [5.74, 6) is 0. The number of ether oxygens (including phenoxy) is 1. The van der Waals surface area contributed by atoms with E-state index in [-0.39, 0.29) is 23.4 Å². The molecule has 0 saturated carbocycles. The van der Waals surface area contributed by atoms with Gasteiger partial charge >= 0.3 is 6.03 Å². The topological polar surface area (TPSA) is 67.4 Å². The van der Waals surface area contributed by atoms with Crippen LogP contribution in [-0.2, 0) is 15.5 Å². The third-order valence-corrected chi connectivity index (χ3v) is 5.56. The average Bonchev–Trinajstić information content (AvgIpc) is 2.55. The van der Waals surface area contributed by atoms with E-state index in [1.54, 1.807) is 6.26 Å². The maximum Gasteiger partial charge on any atom is 0.315 e. The quantitative estimate of drug-likeness (QED) is 0.837. The van der Waals surface area contributed by atoms with E-state index in [2.05, 4.69) is 22.8 Å². The second-order valence-corrected chi connectivity index (χ2v) is 7.79. The lowest BCUT2D eigenvalue weighted by Gasteiger charge is -2.30. The molecule has 6 heteroatoms. The fourth-order valence-electron chi connectivity index (χ4n) is 2.62. The first-order valence-corrected chi connectivity index (χ1v) is 9.71. The molecule has 1 aromatic rings. The number of rotatable bonds is 6. The Morgan fingerprint density at radius 3 is 2.83 bits per heavy atom. The number of hydrogen-bond donors (Lipinski definition) is 2. The van der Waals surface area contributed by atoms with Crippen LogP contribution in [-0.4, -0.2) is 40.9 Å². The molecule has 23 heavy (non-hydrogen) atoms. The monoisotopic (exact) mass is 338 g/mol. The van der Waals surface area contributed by atoms with Crippen LogP contribution in [0.4, 0.5) is 4.79 Å². The second kappa shape index (κ2) is 9.03. The molecule has 1 fully saturated rings. The molecule has 4 unspecified atom stereocenters. The minimum absolute atomic E-state index is 0.0396. The molecular formula is C17H26N2O3S. The summed E-state index contributed by atoms with van der Waals surface area (Å²) < 4.78 is 17.1. The van der Waals surface area contributed by atoms with Gasteiger partial charge < -0.3 is 15.4 Å². The van der Waals surface area contributed by atoms with Gasteiger partial charge in [-0.15, -0.1) is 0 Å². The van der Waals surface area contributed by atoms with Crippen molar-refractivity contribution < 1.29 is 13.7 Å². The highest BCUT2D eigenvalue weighted by atomic mass is 32.2. The molecule has 0 aliphatic carbocycles. The van der Waals surface area contributed by atoms with Gasteiger partial charge in [-0.05, 0) is 24.8 Å². The van der Waals surface area contributed by atoms with Gasteiger partial charge in [0.05, 0.1) is 6.10 Å². The maximum absolute atomic E-state index is 12.0. The van der Waals surface area contributed by atoms with E-state index < -0.39 is 10.8 Å². The Labute approximate surface area is 140 Å². The van der Waals surface area contributed by atoms with Crippen LogP contribution in [0, 0.1) is 0 Å². The van der Waals surface area contributed by atoms with Gasteiger partial charge in [0.2, 0.25) is 0 Å². The van der Waals surface area contributed by atoms with Gasteiger partial charge in [0.15, 0.2) is 0 Å². The molecule has 2 N–H and O–H groups in total. The Balaban J connectivity index is 1.74. The molecule has 2 amide bonds. The number of amides is 2. The smallest absolute Gasteiger partial charge is 0.315 e. The summed E-state index contributed by atoms with van der Waals surface area (Å²) in [6.45, 7) is 3.12. The van der Waals surface area contributed by atoms with Crippen molar-refractivity contribution in [3.05, 3.63) is 35.9 Å². The Morgan fingerprint density at radius 2 is 2.13 bits per heavy atom. The van der Waals surface area contributed by atoms with Crippen molar-refractivity contribution in [2.75, 3.05) is 19.4 Å². The van der Waals surface area contributed by atoms with Crippen LogP contribution in [0.1, 0.15) is 37.9 Å². The largest absolute Gasteiger partial charge is 0.373 e. The normalized spacial score (nSPS) is 23.7. The van der Waals surface area contributed by atoms with Crippen molar-refractivity contribution in [1.29, 1.82) is 0 Å². The molecule has 1 aromatic carbocycles. The summed E-state index contributed by atoms with van der Waals surface area (Å²) in [6.07, 6.45) is 4.06. The molecule has 128 valence electrons. The van der Waals surface area contributed by atoms with Crippen LogP contribution in [0.25, 0.3) is 0 Å². The summed E-state index contributed by atoms with van der Waals surface area (Å²) in [6, 6.07) is 10.1. The second-order valence-electron chi connectivity index (χ2n) is 5.99. The lowest BCUT2D eigenvalue weighted by molar-refractivity contribution is 0.00227. The number of carbonyl (C=O) groups excluding carboxylic acids is 1. The fraction of sp³-hybridized carbons (Fsp3) is 0.588. The fourth-order valence-corrected chi connectivity index (χ4v) is 3.07. The van der Waals surface area contributed by atoms with E-state index in [0.717, 1.165) is 24.8 Å². The number of carbonyl (C=O) groups is 1. The van der Waals surface area contributed by atoms with Crippen molar-refractivity contribution >= 4 is 16.8 Å². The molecule has 0 spiro atoms. The highest BCUT2D eigenvalue weighted by Crippen LogP contribution is 2.27. The van der Waals surface area contributed by atoms with Crippen molar-refractivity contribution in [2.24, 2.45) is 0 Å². The molecule has 0 bridgehead atoms. The van der Waals surface area contributed by atoms with Crippen molar-refractivity contribution in [1.82, 2.24) is 10.6 Å². The molecule has 5 nitrogen and oxygen atoms in total. The van der Waals surface area contributed by atoms with Gasteiger partial charge in [0.25, 0.3) is 0 Å². The van der Waals surface area contributed by atoms with Gasteiger partial charge in [-0.2, -0.15) is 0 Å². The maximum atomic E-state index is 12.0. The Hall–Kier alpha value is -1.40. The van der Waals surface area contributed by atoms with E-state index in [1.165, 1.54) is 0 Å². The highest BCUT2D eigenvalue weighted by Gasteiger charge is 2.24. The van der Waals surface area contributed by atoms with Gasteiger partial charge in [-0.3, -0.25) is 4.21 Å². The van der Waals surface area contributed by atoms with Gasteiger partial charge in [0.1, 0.15) is 0 Å². The predicted octanol–water partition coefficient (Wildman–Crippen LogP) is 2.36. The predicted molar refractivity (Wildman–Crippen MR) is 92.8 cm³/mol. The molecule has 1 heterocycles. The molecule has 0 radical (unpaired) electrons. The molecule has 0 aromatic heterocycles. The first-order chi connectivity index (χ1) is 11.1. The first-order valence-electron chi connectivity index (χ1n) is 8.09. The number of benzene rings is 1. The third kappa shape index (κ3) is 5.95. The average molecular weight is 338 g/mol.